The van der Waals surface area contributed by atoms with Gasteiger partial charge >= 0.3 is 0 Å². The van der Waals surface area contributed by atoms with Gasteiger partial charge in [0.1, 0.15) is 0 Å². The molecule has 0 aromatic carbocycles. The Bertz CT molecular complexity index is 547. The Kier molecular flexibility index (Phi) is 5.86. The molecule has 4 nitrogen and oxygen atoms in total. The predicted octanol–water partition coefficient (Wildman–Crippen LogP) is 2.61. The molecule has 1 aliphatic rings. The maximum atomic E-state index is 12.7. The lowest BCUT2D eigenvalue weighted by atomic mass is 10.2. The lowest BCUT2D eigenvalue weighted by Gasteiger charge is -2.36. The molecule has 0 saturated carbocycles. The molecule has 1 saturated heterocycles. The number of aryl methyl sites for hydroxylation is 1. The normalized spacial score (nSPS) is 25.1. The van der Waals surface area contributed by atoms with Gasteiger partial charge in [-0.15, -0.1) is 23.7 Å². The first-order valence-electron chi connectivity index (χ1n) is 5.83. The quantitative estimate of drug-likeness (QED) is 0.846. The van der Waals surface area contributed by atoms with Crippen LogP contribution in [0.4, 0.5) is 0 Å². The molecule has 2 rings (SSSR count). The second-order valence-electron chi connectivity index (χ2n) is 4.70. The highest BCUT2D eigenvalue weighted by Crippen LogP contribution is 2.32. The van der Waals surface area contributed by atoms with Crippen molar-refractivity contribution in [2.24, 2.45) is 0 Å². The number of hydrogen-bond donors (Lipinski definition) is 1. The molecule has 1 aromatic rings. The van der Waals surface area contributed by atoms with Crippen LogP contribution in [0.2, 0.25) is 0 Å². The number of halogens is 2. The molecule has 1 N–H and O–H groups in total. The zero-order valence-corrected chi connectivity index (χ0v) is 15.0. The van der Waals surface area contributed by atoms with Gasteiger partial charge in [-0.3, -0.25) is 0 Å². The van der Waals surface area contributed by atoms with Crippen molar-refractivity contribution >= 4 is 49.7 Å². The first-order chi connectivity index (χ1) is 8.32. The van der Waals surface area contributed by atoms with Gasteiger partial charge < -0.3 is 5.32 Å². The molecule has 0 bridgehead atoms. The van der Waals surface area contributed by atoms with Gasteiger partial charge in [-0.05, 0) is 42.8 Å². The molecule has 19 heavy (non-hydrogen) atoms. The standard InChI is InChI=1S/C11H17BrN2O2S2.ClH/c1-7-6-14(8(2)5-13-7)18(15,16)10-4-11(12)17-9(10)3;/h4,7-8,13H,5-6H2,1-3H3;1H. The Morgan fingerprint density at radius 1 is 1.47 bits per heavy atom. The first-order valence-corrected chi connectivity index (χ1v) is 8.88. The summed E-state index contributed by atoms with van der Waals surface area (Å²) in [5, 5.41) is 3.29. The SMILES string of the molecule is Cc1sc(Br)cc1S(=O)(=O)N1CC(C)NCC1C.Cl. The van der Waals surface area contributed by atoms with E-state index in [1.54, 1.807) is 10.4 Å². The van der Waals surface area contributed by atoms with E-state index in [4.69, 9.17) is 0 Å². The summed E-state index contributed by atoms with van der Waals surface area (Å²) < 4.78 is 27.8. The lowest BCUT2D eigenvalue weighted by Crippen LogP contribution is -2.56. The monoisotopic (exact) mass is 388 g/mol. The van der Waals surface area contributed by atoms with Crippen LogP contribution in [0.15, 0.2) is 14.7 Å². The highest BCUT2D eigenvalue weighted by Gasteiger charge is 2.34. The van der Waals surface area contributed by atoms with E-state index in [0.29, 0.717) is 18.0 Å². The molecule has 1 fully saturated rings. The number of thiophene rings is 1. The second kappa shape index (κ2) is 6.41. The van der Waals surface area contributed by atoms with E-state index in [-0.39, 0.29) is 24.5 Å². The third-order valence-corrected chi connectivity index (χ3v) is 6.92. The largest absolute Gasteiger partial charge is 0.311 e. The second-order valence-corrected chi connectivity index (χ2v) is 9.20. The molecule has 110 valence electrons. The number of nitrogens with one attached hydrogen (secondary N) is 1. The maximum Gasteiger partial charge on any atom is 0.244 e. The van der Waals surface area contributed by atoms with Crippen molar-refractivity contribution in [3.63, 3.8) is 0 Å². The van der Waals surface area contributed by atoms with Crippen LogP contribution in [0, 0.1) is 6.92 Å². The van der Waals surface area contributed by atoms with E-state index in [2.05, 4.69) is 21.2 Å². The van der Waals surface area contributed by atoms with Crippen molar-refractivity contribution in [2.75, 3.05) is 13.1 Å². The van der Waals surface area contributed by atoms with E-state index in [1.807, 2.05) is 20.8 Å². The van der Waals surface area contributed by atoms with Gasteiger partial charge in [-0.25, -0.2) is 8.42 Å². The van der Waals surface area contributed by atoms with Gasteiger partial charge in [-0.1, -0.05) is 0 Å². The van der Waals surface area contributed by atoms with Crippen LogP contribution < -0.4 is 5.32 Å². The Balaban J connectivity index is 0.00000180. The van der Waals surface area contributed by atoms with Gasteiger partial charge in [-0.2, -0.15) is 4.31 Å². The van der Waals surface area contributed by atoms with Crippen molar-refractivity contribution < 1.29 is 8.42 Å². The highest BCUT2D eigenvalue weighted by molar-refractivity contribution is 9.11. The third kappa shape index (κ3) is 3.51. The minimum atomic E-state index is -3.38. The fraction of sp³-hybridized carbons (Fsp3) is 0.636. The minimum absolute atomic E-state index is 0. The Hall–Kier alpha value is 0.340. The number of rotatable bonds is 2. The fourth-order valence-corrected chi connectivity index (χ4v) is 6.24. The zero-order valence-electron chi connectivity index (χ0n) is 11.0. The molecule has 2 heterocycles. The van der Waals surface area contributed by atoms with Crippen LogP contribution in [-0.4, -0.2) is 37.9 Å². The van der Waals surface area contributed by atoms with Gasteiger partial charge in [0, 0.05) is 30.1 Å². The summed E-state index contributed by atoms with van der Waals surface area (Å²) in [7, 11) is -3.38. The Morgan fingerprint density at radius 2 is 2.11 bits per heavy atom. The summed E-state index contributed by atoms with van der Waals surface area (Å²) in [6.45, 7) is 7.01. The minimum Gasteiger partial charge on any atom is -0.311 e. The van der Waals surface area contributed by atoms with Gasteiger partial charge in [0.2, 0.25) is 10.0 Å². The van der Waals surface area contributed by atoms with Crippen molar-refractivity contribution in [1.29, 1.82) is 0 Å². The molecule has 8 heteroatoms. The number of sulfonamides is 1. The molecule has 0 radical (unpaired) electrons. The topological polar surface area (TPSA) is 49.4 Å². The van der Waals surface area contributed by atoms with Crippen LogP contribution in [-0.2, 0) is 10.0 Å². The predicted molar refractivity (Wildman–Crippen MR) is 84.8 cm³/mol. The molecular formula is C11H18BrClN2O2S2. The summed E-state index contributed by atoms with van der Waals surface area (Å²) in [5.74, 6) is 0. The number of hydrogen-bond acceptors (Lipinski definition) is 4. The maximum absolute atomic E-state index is 12.7. The van der Waals surface area contributed by atoms with Crippen molar-refractivity contribution in [3.05, 3.63) is 14.7 Å². The lowest BCUT2D eigenvalue weighted by molar-refractivity contribution is 0.244. The summed E-state index contributed by atoms with van der Waals surface area (Å²) in [5.41, 5.74) is 0. The average molecular weight is 390 g/mol. The van der Waals surface area contributed by atoms with E-state index in [9.17, 15) is 8.42 Å². The Morgan fingerprint density at radius 3 is 2.63 bits per heavy atom. The van der Waals surface area contributed by atoms with Gasteiger partial charge in [0.25, 0.3) is 0 Å². The van der Waals surface area contributed by atoms with Gasteiger partial charge in [0.05, 0.1) is 8.68 Å². The van der Waals surface area contributed by atoms with Crippen LogP contribution in [0.3, 0.4) is 0 Å². The molecule has 0 amide bonds. The summed E-state index contributed by atoms with van der Waals surface area (Å²) in [6.07, 6.45) is 0. The Labute approximate surface area is 133 Å². The highest BCUT2D eigenvalue weighted by atomic mass is 79.9. The van der Waals surface area contributed by atoms with E-state index in [1.165, 1.54) is 11.3 Å². The zero-order chi connectivity index (χ0) is 13.5. The summed E-state index contributed by atoms with van der Waals surface area (Å²) in [4.78, 5) is 1.26. The average Bonchev–Trinajstić information content (AvgIpc) is 2.62. The van der Waals surface area contributed by atoms with Crippen molar-refractivity contribution in [1.82, 2.24) is 9.62 Å². The fourth-order valence-electron chi connectivity index (χ4n) is 2.14. The van der Waals surface area contributed by atoms with Crippen LogP contribution in [0.1, 0.15) is 18.7 Å². The third-order valence-electron chi connectivity index (χ3n) is 3.14. The van der Waals surface area contributed by atoms with Crippen LogP contribution >= 0.6 is 39.7 Å². The van der Waals surface area contributed by atoms with Crippen molar-refractivity contribution in [3.8, 4) is 0 Å². The smallest absolute Gasteiger partial charge is 0.244 e. The van der Waals surface area contributed by atoms with E-state index < -0.39 is 10.0 Å². The molecule has 0 aliphatic carbocycles. The molecular weight excluding hydrogens is 372 g/mol. The van der Waals surface area contributed by atoms with E-state index >= 15 is 0 Å². The van der Waals surface area contributed by atoms with Crippen LogP contribution in [0.25, 0.3) is 0 Å². The molecule has 2 unspecified atom stereocenters. The van der Waals surface area contributed by atoms with E-state index in [0.717, 1.165) is 8.66 Å². The number of piperazine rings is 1. The van der Waals surface area contributed by atoms with Crippen LogP contribution in [0.5, 0.6) is 0 Å². The molecule has 1 aliphatic heterocycles. The molecule has 1 aromatic heterocycles. The van der Waals surface area contributed by atoms with Gasteiger partial charge in [0.15, 0.2) is 0 Å². The molecule has 2 atom stereocenters. The number of nitrogens with zero attached hydrogens (tertiary/aromatic N) is 1. The molecule has 0 spiro atoms. The first kappa shape index (κ1) is 17.4. The summed E-state index contributed by atoms with van der Waals surface area (Å²) >= 11 is 4.81. The summed E-state index contributed by atoms with van der Waals surface area (Å²) in [6, 6.07) is 1.89. The van der Waals surface area contributed by atoms with Crippen molar-refractivity contribution in [2.45, 2.75) is 37.8 Å².